The van der Waals surface area contributed by atoms with E-state index in [9.17, 15) is 5.11 Å². The molecule has 6 nitrogen and oxygen atoms in total. The van der Waals surface area contributed by atoms with Crippen LogP contribution in [0.15, 0.2) is 24.7 Å². The molecule has 2 aromatic heterocycles. The average Bonchev–Trinajstić information content (AvgIpc) is 2.64. The topological polar surface area (TPSA) is 114 Å². The van der Waals surface area contributed by atoms with Crippen molar-refractivity contribution in [3.8, 4) is 0 Å². The Bertz CT molecular complexity index is 467. The third kappa shape index (κ3) is 1.62. The van der Waals surface area contributed by atoms with Crippen LogP contribution in [0.1, 0.15) is 17.2 Å². The van der Waals surface area contributed by atoms with Crippen LogP contribution < -0.4 is 11.5 Å². The number of aliphatic hydroxyl groups excluding tert-OH is 1. The number of aromatic nitrogens is 3. The van der Waals surface area contributed by atoms with E-state index in [4.69, 9.17) is 11.5 Å². The van der Waals surface area contributed by atoms with Crippen molar-refractivity contribution in [2.24, 2.45) is 0 Å². The van der Waals surface area contributed by atoms with E-state index in [0.29, 0.717) is 22.6 Å². The lowest BCUT2D eigenvalue weighted by Gasteiger charge is -2.11. The van der Waals surface area contributed by atoms with Crippen molar-refractivity contribution < 1.29 is 5.11 Å². The molecule has 78 valence electrons. The normalized spacial score (nSPS) is 12.6. The van der Waals surface area contributed by atoms with Crippen molar-refractivity contribution in [3.05, 3.63) is 35.8 Å². The lowest BCUT2D eigenvalue weighted by Crippen LogP contribution is -2.05. The molecule has 1 unspecified atom stereocenters. The van der Waals surface area contributed by atoms with Crippen LogP contribution >= 0.6 is 0 Å². The van der Waals surface area contributed by atoms with Gasteiger partial charge in [0.1, 0.15) is 11.9 Å². The quantitative estimate of drug-likeness (QED) is 0.553. The van der Waals surface area contributed by atoms with Gasteiger partial charge in [0.05, 0.1) is 6.20 Å². The summed E-state index contributed by atoms with van der Waals surface area (Å²) in [6, 6.07) is 1.62. The highest BCUT2D eigenvalue weighted by Gasteiger charge is 2.17. The second-order valence-electron chi connectivity index (χ2n) is 3.15. The number of hydrogen-bond acceptors (Lipinski definition) is 5. The lowest BCUT2D eigenvalue weighted by molar-refractivity contribution is 0.221. The van der Waals surface area contributed by atoms with Crippen LogP contribution in [0.5, 0.6) is 0 Å². The highest BCUT2D eigenvalue weighted by Crippen LogP contribution is 2.27. The van der Waals surface area contributed by atoms with E-state index >= 15 is 0 Å². The molecule has 0 fully saturated rings. The molecule has 6 heteroatoms. The van der Waals surface area contributed by atoms with Crippen molar-refractivity contribution in [1.82, 2.24) is 15.2 Å². The highest BCUT2D eigenvalue weighted by atomic mass is 16.3. The Morgan fingerprint density at radius 1 is 1.27 bits per heavy atom. The van der Waals surface area contributed by atoms with E-state index in [0.717, 1.165) is 0 Å². The van der Waals surface area contributed by atoms with Crippen molar-refractivity contribution >= 4 is 11.5 Å². The Morgan fingerprint density at radius 3 is 2.67 bits per heavy atom. The molecule has 1 atom stereocenters. The van der Waals surface area contributed by atoms with E-state index in [-0.39, 0.29) is 0 Å². The number of H-pyrrole nitrogens is 1. The van der Waals surface area contributed by atoms with E-state index in [1.54, 1.807) is 12.3 Å². The molecule has 0 aliphatic heterocycles. The van der Waals surface area contributed by atoms with Crippen LogP contribution in [0, 0.1) is 0 Å². The minimum absolute atomic E-state index is 0.325. The Kier molecular flexibility index (Phi) is 2.26. The summed E-state index contributed by atoms with van der Waals surface area (Å²) in [6.07, 6.45) is 3.63. The van der Waals surface area contributed by atoms with Crippen LogP contribution in [0.3, 0.4) is 0 Å². The second kappa shape index (κ2) is 3.58. The van der Waals surface area contributed by atoms with Gasteiger partial charge in [-0.3, -0.25) is 10.1 Å². The molecule has 0 radical (unpaired) electrons. The number of aliphatic hydroxyl groups is 1. The fourth-order valence-corrected chi connectivity index (χ4v) is 1.34. The number of aromatic amines is 1. The SMILES string of the molecule is Nc1ccncc1C(O)c1cn[nH]c1N. The monoisotopic (exact) mass is 205 g/mol. The molecule has 0 aliphatic rings. The Morgan fingerprint density at radius 2 is 2.07 bits per heavy atom. The van der Waals surface area contributed by atoms with E-state index in [1.807, 2.05) is 0 Å². The number of nitrogen functional groups attached to an aromatic ring is 2. The third-order valence-corrected chi connectivity index (χ3v) is 2.18. The fourth-order valence-electron chi connectivity index (χ4n) is 1.34. The average molecular weight is 205 g/mol. The summed E-state index contributed by atoms with van der Waals surface area (Å²) in [6.45, 7) is 0. The van der Waals surface area contributed by atoms with Crippen LogP contribution in [-0.4, -0.2) is 20.3 Å². The number of pyridine rings is 1. The number of rotatable bonds is 2. The summed E-state index contributed by atoms with van der Waals surface area (Å²) in [5.41, 5.74) is 12.8. The predicted octanol–water partition coefficient (Wildman–Crippen LogP) is 0.0508. The van der Waals surface area contributed by atoms with Gasteiger partial charge in [0.25, 0.3) is 0 Å². The highest BCUT2D eigenvalue weighted by molar-refractivity contribution is 5.52. The lowest BCUT2D eigenvalue weighted by atomic mass is 10.0. The standard InChI is InChI=1S/C9H11N5O/c10-7-1-2-12-3-5(7)8(15)6-4-13-14-9(6)11/h1-4,8,15H,(H2,10,12)(H3,11,13,14). The van der Waals surface area contributed by atoms with Crippen LogP contribution in [0.25, 0.3) is 0 Å². The Labute approximate surface area is 85.9 Å². The summed E-state index contributed by atoms with van der Waals surface area (Å²) in [5.74, 6) is 0.325. The molecule has 15 heavy (non-hydrogen) atoms. The Balaban J connectivity index is 2.41. The number of nitrogens with zero attached hydrogens (tertiary/aromatic N) is 2. The van der Waals surface area contributed by atoms with Gasteiger partial charge in [0.15, 0.2) is 0 Å². The summed E-state index contributed by atoms with van der Waals surface area (Å²) in [7, 11) is 0. The first kappa shape index (κ1) is 9.47. The maximum atomic E-state index is 9.98. The van der Waals surface area contributed by atoms with E-state index in [1.165, 1.54) is 12.4 Å². The van der Waals surface area contributed by atoms with Gasteiger partial charge >= 0.3 is 0 Å². The van der Waals surface area contributed by atoms with Crippen molar-refractivity contribution in [1.29, 1.82) is 0 Å². The van der Waals surface area contributed by atoms with Crippen molar-refractivity contribution in [3.63, 3.8) is 0 Å². The van der Waals surface area contributed by atoms with Crippen molar-refractivity contribution in [2.75, 3.05) is 11.5 Å². The molecule has 2 rings (SSSR count). The molecule has 0 amide bonds. The molecule has 0 saturated heterocycles. The predicted molar refractivity (Wildman–Crippen MR) is 55.7 cm³/mol. The maximum Gasteiger partial charge on any atom is 0.125 e. The van der Waals surface area contributed by atoms with Crippen LogP contribution in [0.2, 0.25) is 0 Å². The summed E-state index contributed by atoms with van der Waals surface area (Å²) in [4.78, 5) is 3.89. The summed E-state index contributed by atoms with van der Waals surface area (Å²) < 4.78 is 0. The van der Waals surface area contributed by atoms with Gasteiger partial charge in [-0.15, -0.1) is 0 Å². The van der Waals surface area contributed by atoms with Gasteiger partial charge in [-0.25, -0.2) is 0 Å². The summed E-state index contributed by atoms with van der Waals surface area (Å²) in [5, 5.41) is 16.3. The first-order chi connectivity index (χ1) is 7.20. The molecule has 0 bridgehead atoms. The van der Waals surface area contributed by atoms with Gasteiger partial charge in [-0.2, -0.15) is 5.10 Å². The second-order valence-corrected chi connectivity index (χ2v) is 3.15. The minimum Gasteiger partial charge on any atom is -0.398 e. The van der Waals surface area contributed by atoms with Gasteiger partial charge < -0.3 is 16.6 Å². The van der Waals surface area contributed by atoms with E-state index < -0.39 is 6.10 Å². The zero-order valence-electron chi connectivity index (χ0n) is 7.88. The van der Waals surface area contributed by atoms with Crippen LogP contribution in [0.4, 0.5) is 11.5 Å². The van der Waals surface area contributed by atoms with Gasteiger partial charge in [0, 0.05) is 29.2 Å². The van der Waals surface area contributed by atoms with Gasteiger partial charge in [0.2, 0.25) is 0 Å². The fraction of sp³-hybridized carbons (Fsp3) is 0.111. The minimum atomic E-state index is -0.905. The van der Waals surface area contributed by atoms with E-state index in [2.05, 4.69) is 15.2 Å². The first-order valence-electron chi connectivity index (χ1n) is 4.36. The maximum absolute atomic E-state index is 9.98. The zero-order chi connectivity index (χ0) is 10.8. The number of hydrogen-bond donors (Lipinski definition) is 4. The largest absolute Gasteiger partial charge is 0.398 e. The molecule has 0 saturated carbocycles. The smallest absolute Gasteiger partial charge is 0.125 e. The number of anilines is 2. The third-order valence-electron chi connectivity index (χ3n) is 2.18. The molecule has 0 aromatic carbocycles. The zero-order valence-corrected chi connectivity index (χ0v) is 7.88. The molecule has 2 heterocycles. The molecular weight excluding hydrogens is 194 g/mol. The van der Waals surface area contributed by atoms with Gasteiger partial charge in [-0.1, -0.05) is 0 Å². The Hall–Kier alpha value is -2.08. The molecular formula is C9H11N5O. The first-order valence-corrected chi connectivity index (χ1v) is 4.36. The number of nitrogens with two attached hydrogens (primary N) is 2. The molecule has 2 aromatic rings. The van der Waals surface area contributed by atoms with Crippen LogP contribution in [-0.2, 0) is 0 Å². The molecule has 0 aliphatic carbocycles. The summed E-state index contributed by atoms with van der Waals surface area (Å²) >= 11 is 0. The van der Waals surface area contributed by atoms with Crippen molar-refractivity contribution in [2.45, 2.75) is 6.10 Å². The van der Waals surface area contributed by atoms with Gasteiger partial charge in [-0.05, 0) is 6.07 Å². The number of nitrogens with one attached hydrogen (secondary N) is 1. The molecule has 0 spiro atoms. The molecule has 6 N–H and O–H groups in total.